The van der Waals surface area contributed by atoms with Crippen molar-refractivity contribution in [2.45, 2.75) is 12.6 Å². The van der Waals surface area contributed by atoms with E-state index in [4.69, 9.17) is 5.26 Å². The average Bonchev–Trinajstić information content (AvgIpc) is 2.18. The monoisotopic (exact) mass is 219 g/mol. The lowest BCUT2D eigenvalue weighted by molar-refractivity contribution is 0.171. The van der Waals surface area contributed by atoms with E-state index in [2.05, 4.69) is 10.2 Å². The molecule has 1 aliphatic heterocycles. The zero-order chi connectivity index (χ0) is 11.5. The first-order valence-corrected chi connectivity index (χ1v) is 5.30. The number of halogens is 1. The molecule has 0 radical (unpaired) electrons. The number of nitriles is 1. The van der Waals surface area contributed by atoms with E-state index in [1.54, 1.807) is 6.07 Å². The Balaban J connectivity index is 2.10. The van der Waals surface area contributed by atoms with E-state index in [0.29, 0.717) is 23.7 Å². The summed E-state index contributed by atoms with van der Waals surface area (Å²) in [7, 11) is 1.98. The van der Waals surface area contributed by atoms with Crippen LogP contribution in [0.1, 0.15) is 11.1 Å². The number of rotatable bonds is 3. The Bertz CT molecular complexity index is 421. The van der Waals surface area contributed by atoms with Gasteiger partial charge in [-0.2, -0.15) is 5.26 Å². The number of benzene rings is 1. The third-order valence-corrected chi connectivity index (χ3v) is 2.98. The van der Waals surface area contributed by atoms with Crippen LogP contribution < -0.4 is 5.32 Å². The first-order chi connectivity index (χ1) is 7.70. The summed E-state index contributed by atoms with van der Waals surface area (Å²) in [5, 5.41) is 11.9. The summed E-state index contributed by atoms with van der Waals surface area (Å²) in [4.78, 5) is 2.11. The highest BCUT2D eigenvalue weighted by molar-refractivity contribution is 5.33. The maximum absolute atomic E-state index is 13.5. The van der Waals surface area contributed by atoms with Gasteiger partial charge in [0.25, 0.3) is 0 Å². The van der Waals surface area contributed by atoms with E-state index in [9.17, 15) is 4.39 Å². The molecule has 0 unspecified atom stereocenters. The zero-order valence-corrected chi connectivity index (χ0v) is 9.20. The summed E-state index contributed by atoms with van der Waals surface area (Å²) in [5.74, 6) is -0.238. The Hall–Kier alpha value is -1.44. The lowest BCUT2D eigenvalue weighted by Gasteiger charge is -2.35. The van der Waals surface area contributed by atoms with Crippen LogP contribution in [0.15, 0.2) is 18.2 Å². The molecule has 3 nitrogen and oxygen atoms in total. The molecule has 84 valence electrons. The second-order valence-electron chi connectivity index (χ2n) is 4.15. The van der Waals surface area contributed by atoms with Crippen LogP contribution in [0.25, 0.3) is 0 Å². The van der Waals surface area contributed by atoms with Crippen LogP contribution >= 0.6 is 0 Å². The molecule has 1 heterocycles. The molecule has 0 aromatic heterocycles. The summed E-state index contributed by atoms with van der Waals surface area (Å²) >= 11 is 0. The Labute approximate surface area is 94.5 Å². The molecule has 2 rings (SSSR count). The fraction of sp³-hybridized carbons (Fsp3) is 0.417. The number of likely N-dealkylation sites (N-methyl/N-ethyl adjacent to an activating group) is 1. The average molecular weight is 219 g/mol. The van der Waals surface area contributed by atoms with Crippen molar-refractivity contribution in [3.05, 3.63) is 35.1 Å². The van der Waals surface area contributed by atoms with Crippen molar-refractivity contribution in [1.82, 2.24) is 10.2 Å². The summed E-state index contributed by atoms with van der Waals surface area (Å²) in [5.41, 5.74) is 1.10. The fourth-order valence-corrected chi connectivity index (χ4v) is 1.75. The standard InChI is InChI=1S/C12H14FN3/c1-16(11-6-15-7-11)8-10-4-9(5-14)2-3-12(10)13/h2-4,11,15H,6-8H2,1H3. The number of hydrogen-bond acceptors (Lipinski definition) is 3. The lowest BCUT2D eigenvalue weighted by Crippen LogP contribution is -2.55. The predicted octanol–water partition coefficient (Wildman–Crippen LogP) is 1.10. The van der Waals surface area contributed by atoms with E-state index in [-0.39, 0.29) is 5.82 Å². The zero-order valence-electron chi connectivity index (χ0n) is 9.20. The molecule has 1 aromatic carbocycles. The summed E-state index contributed by atoms with van der Waals surface area (Å²) < 4.78 is 13.5. The highest BCUT2D eigenvalue weighted by atomic mass is 19.1. The van der Waals surface area contributed by atoms with Crippen molar-refractivity contribution in [2.75, 3.05) is 20.1 Å². The third-order valence-electron chi connectivity index (χ3n) is 2.98. The lowest BCUT2D eigenvalue weighted by atomic mass is 10.1. The van der Waals surface area contributed by atoms with Crippen molar-refractivity contribution in [3.63, 3.8) is 0 Å². The second kappa shape index (κ2) is 4.60. The molecule has 0 aliphatic carbocycles. The fourth-order valence-electron chi connectivity index (χ4n) is 1.75. The van der Waals surface area contributed by atoms with Gasteiger partial charge in [-0.3, -0.25) is 4.90 Å². The van der Waals surface area contributed by atoms with Crippen LogP contribution in [-0.2, 0) is 6.54 Å². The SMILES string of the molecule is CN(Cc1cc(C#N)ccc1F)C1CNC1. The molecular weight excluding hydrogens is 205 g/mol. The van der Waals surface area contributed by atoms with Crippen molar-refractivity contribution in [3.8, 4) is 6.07 Å². The van der Waals surface area contributed by atoms with E-state index >= 15 is 0 Å². The minimum atomic E-state index is -0.238. The van der Waals surface area contributed by atoms with Gasteiger partial charge >= 0.3 is 0 Å². The minimum Gasteiger partial charge on any atom is -0.314 e. The van der Waals surface area contributed by atoms with Crippen LogP contribution in [0, 0.1) is 17.1 Å². The van der Waals surface area contributed by atoms with Gasteiger partial charge in [-0.1, -0.05) is 0 Å². The predicted molar refractivity (Wildman–Crippen MR) is 59.2 cm³/mol. The van der Waals surface area contributed by atoms with E-state index < -0.39 is 0 Å². The van der Waals surface area contributed by atoms with Crippen molar-refractivity contribution >= 4 is 0 Å². The first kappa shape index (κ1) is 11.1. The van der Waals surface area contributed by atoms with Gasteiger partial charge in [0.1, 0.15) is 5.82 Å². The van der Waals surface area contributed by atoms with Crippen molar-refractivity contribution in [1.29, 1.82) is 5.26 Å². The molecule has 1 N–H and O–H groups in total. The van der Waals surface area contributed by atoms with Gasteiger partial charge in [0.05, 0.1) is 11.6 Å². The maximum atomic E-state index is 13.5. The summed E-state index contributed by atoms with van der Waals surface area (Å²) in [6, 6.07) is 6.99. The molecule has 4 heteroatoms. The minimum absolute atomic E-state index is 0.238. The van der Waals surface area contributed by atoms with Crippen molar-refractivity contribution < 1.29 is 4.39 Å². The van der Waals surface area contributed by atoms with E-state index in [0.717, 1.165) is 13.1 Å². The molecule has 0 saturated carbocycles. The molecule has 16 heavy (non-hydrogen) atoms. The van der Waals surface area contributed by atoms with Crippen LogP contribution in [0.5, 0.6) is 0 Å². The van der Waals surface area contributed by atoms with Crippen LogP contribution in [-0.4, -0.2) is 31.1 Å². The van der Waals surface area contributed by atoms with Gasteiger partial charge in [0, 0.05) is 31.2 Å². The van der Waals surface area contributed by atoms with Gasteiger partial charge in [0.2, 0.25) is 0 Å². The highest BCUT2D eigenvalue weighted by Crippen LogP contribution is 2.14. The van der Waals surface area contributed by atoms with E-state index in [1.807, 2.05) is 13.1 Å². The van der Waals surface area contributed by atoms with Gasteiger partial charge in [-0.05, 0) is 25.2 Å². The molecule has 0 atom stereocenters. The molecule has 1 aromatic rings. The third kappa shape index (κ3) is 2.21. The molecular formula is C12H14FN3. The molecule has 0 amide bonds. The Morgan fingerprint density at radius 3 is 2.88 bits per heavy atom. The molecule has 0 spiro atoms. The van der Waals surface area contributed by atoms with Gasteiger partial charge in [-0.15, -0.1) is 0 Å². The Morgan fingerprint density at radius 2 is 2.31 bits per heavy atom. The Kier molecular flexibility index (Phi) is 3.18. The van der Waals surface area contributed by atoms with Gasteiger partial charge < -0.3 is 5.32 Å². The number of nitrogens with one attached hydrogen (secondary N) is 1. The van der Waals surface area contributed by atoms with Crippen LogP contribution in [0.4, 0.5) is 4.39 Å². The quantitative estimate of drug-likeness (QED) is 0.827. The topological polar surface area (TPSA) is 39.1 Å². The summed E-state index contributed by atoms with van der Waals surface area (Å²) in [6.45, 7) is 2.46. The van der Waals surface area contributed by atoms with Crippen LogP contribution in [0.3, 0.4) is 0 Å². The van der Waals surface area contributed by atoms with Gasteiger partial charge in [-0.25, -0.2) is 4.39 Å². The maximum Gasteiger partial charge on any atom is 0.127 e. The van der Waals surface area contributed by atoms with Crippen molar-refractivity contribution in [2.24, 2.45) is 0 Å². The van der Waals surface area contributed by atoms with Crippen LogP contribution in [0.2, 0.25) is 0 Å². The number of nitrogens with zero attached hydrogens (tertiary/aromatic N) is 2. The smallest absolute Gasteiger partial charge is 0.127 e. The largest absolute Gasteiger partial charge is 0.314 e. The molecule has 1 aliphatic rings. The summed E-state index contributed by atoms with van der Waals surface area (Å²) in [6.07, 6.45) is 0. The second-order valence-corrected chi connectivity index (χ2v) is 4.15. The van der Waals surface area contributed by atoms with E-state index in [1.165, 1.54) is 12.1 Å². The number of hydrogen-bond donors (Lipinski definition) is 1. The molecule has 1 saturated heterocycles. The first-order valence-electron chi connectivity index (χ1n) is 5.30. The highest BCUT2D eigenvalue weighted by Gasteiger charge is 2.22. The van der Waals surface area contributed by atoms with Gasteiger partial charge in [0.15, 0.2) is 0 Å². The molecule has 0 bridgehead atoms. The molecule has 1 fully saturated rings. The Morgan fingerprint density at radius 1 is 1.56 bits per heavy atom. The normalized spacial score (nSPS) is 15.9.